The van der Waals surface area contributed by atoms with Gasteiger partial charge in [0, 0.05) is 18.7 Å². The van der Waals surface area contributed by atoms with Crippen LogP contribution in [0.15, 0.2) is 16.8 Å². The van der Waals surface area contributed by atoms with Crippen molar-refractivity contribution in [3.05, 3.63) is 29.3 Å². The van der Waals surface area contributed by atoms with Crippen LogP contribution in [-0.4, -0.2) is 21.2 Å². The Hall–Kier alpha value is -1.75. The minimum absolute atomic E-state index is 0.0281. The van der Waals surface area contributed by atoms with Gasteiger partial charge in [-0.05, 0) is 30.9 Å². The van der Waals surface area contributed by atoms with Crippen LogP contribution in [-0.2, 0) is 6.42 Å². The molecule has 102 valence electrons. The summed E-state index contributed by atoms with van der Waals surface area (Å²) in [5.74, 6) is 1.48. The van der Waals surface area contributed by atoms with Gasteiger partial charge in [0.25, 0.3) is 0 Å². The number of nitrogens with two attached hydrogens (primary N) is 1. The van der Waals surface area contributed by atoms with Gasteiger partial charge in [-0.1, -0.05) is 25.1 Å². The Bertz CT molecular complexity index is 562. The van der Waals surface area contributed by atoms with Crippen molar-refractivity contribution in [1.29, 1.82) is 0 Å². The molecule has 0 aliphatic rings. The van der Waals surface area contributed by atoms with E-state index in [0.29, 0.717) is 24.1 Å². The maximum atomic E-state index is 6.00. The van der Waals surface area contributed by atoms with Crippen LogP contribution in [0.1, 0.15) is 30.9 Å². The molecule has 0 amide bonds. The molecular weight excluding hydrogens is 240 g/mol. The minimum atomic E-state index is 0.0281. The lowest BCUT2D eigenvalue weighted by Crippen LogP contribution is -2.28. The van der Waals surface area contributed by atoms with E-state index in [1.165, 1.54) is 0 Å². The summed E-state index contributed by atoms with van der Waals surface area (Å²) in [6.07, 6.45) is 2.40. The Kier molecular flexibility index (Phi) is 3.95. The van der Waals surface area contributed by atoms with E-state index in [1.54, 1.807) is 6.20 Å². The second-order valence-electron chi connectivity index (χ2n) is 5.30. The zero-order valence-corrected chi connectivity index (χ0v) is 11.8. The molecule has 2 rings (SSSR count). The van der Waals surface area contributed by atoms with Crippen LogP contribution in [0, 0.1) is 19.8 Å². The van der Waals surface area contributed by atoms with Gasteiger partial charge in [0.2, 0.25) is 11.7 Å². The summed E-state index contributed by atoms with van der Waals surface area (Å²) < 4.78 is 5.24. The Labute approximate surface area is 113 Å². The van der Waals surface area contributed by atoms with Crippen molar-refractivity contribution in [2.75, 3.05) is 0 Å². The highest BCUT2D eigenvalue weighted by Gasteiger charge is 2.16. The fraction of sp³-hybridized carbons (Fsp3) is 0.500. The predicted octanol–water partition coefficient (Wildman–Crippen LogP) is 2.27. The van der Waals surface area contributed by atoms with Crippen LogP contribution in [0.2, 0.25) is 0 Å². The number of aromatic nitrogens is 3. The van der Waals surface area contributed by atoms with Gasteiger partial charge < -0.3 is 10.3 Å². The van der Waals surface area contributed by atoms with Gasteiger partial charge in [-0.3, -0.25) is 4.98 Å². The molecule has 0 saturated heterocycles. The largest absolute Gasteiger partial charge is 0.339 e. The van der Waals surface area contributed by atoms with E-state index in [9.17, 15) is 0 Å². The monoisotopic (exact) mass is 260 g/mol. The molecule has 2 N–H and O–H groups in total. The van der Waals surface area contributed by atoms with Crippen LogP contribution in [0.25, 0.3) is 11.5 Å². The molecule has 0 bridgehead atoms. The van der Waals surface area contributed by atoms with Crippen molar-refractivity contribution in [2.24, 2.45) is 11.7 Å². The van der Waals surface area contributed by atoms with Gasteiger partial charge in [0.05, 0.1) is 0 Å². The molecular formula is C14H20N4O. The molecule has 0 aliphatic carbocycles. The number of hydrogen-bond donors (Lipinski definition) is 1. The molecule has 0 aromatic carbocycles. The highest BCUT2D eigenvalue weighted by Crippen LogP contribution is 2.19. The quantitative estimate of drug-likeness (QED) is 0.912. The fourth-order valence-electron chi connectivity index (χ4n) is 1.82. The number of hydrogen-bond acceptors (Lipinski definition) is 5. The first kappa shape index (κ1) is 13.7. The summed E-state index contributed by atoms with van der Waals surface area (Å²) in [6.45, 7) is 8.15. The van der Waals surface area contributed by atoms with Crippen molar-refractivity contribution in [3.8, 4) is 11.5 Å². The lowest BCUT2D eigenvalue weighted by atomic mass is 10.0. The summed E-state index contributed by atoms with van der Waals surface area (Å²) in [7, 11) is 0. The number of aryl methyl sites for hydroxylation is 2. The summed E-state index contributed by atoms with van der Waals surface area (Å²) >= 11 is 0. The molecule has 1 atom stereocenters. The summed E-state index contributed by atoms with van der Waals surface area (Å²) in [4.78, 5) is 8.73. The van der Waals surface area contributed by atoms with E-state index in [2.05, 4.69) is 35.0 Å². The molecule has 2 aromatic heterocycles. The summed E-state index contributed by atoms with van der Waals surface area (Å²) in [5.41, 5.74) is 8.93. The zero-order chi connectivity index (χ0) is 14.0. The molecule has 0 saturated carbocycles. The van der Waals surface area contributed by atoms with Gasteiger partial charge in [-0.15, -0.1) is 0 Å². The Balaban J connectivity index is 2.21. The molecule has 5 heteroatoms. The van der Waals surface area contributed by atoms with Crippen molar-refractivity contribution >= 4 is 0 Å². The van der Waals surface area contributed by atoms with E-state index in [0.717, 1.165) is 16.8 Å². The van der Waals surface area contributed by atoms with Crippen LogP contribution < -0.4 is 5.73 Å². The van der Waals surface area contributed by atoms with Crippen LogP contribution in [0.5, 0.6) is 0 Å². The second-order valence-corrected chi connectivity index (χ2v) is 5.30. The standard InChI is InChI=1S/C14H20N4O/c1-8(2)11(15)6-12-17-14(18-19-12)13-10(4)5-9(3)7-16-13/h5,7-8,11H,6,15H2,1-4H3. The Morgan fingerprint density at radius 1 is 1.32 bits per heavy atom. The molecule has 2 heterocycles. The van der Waals surface area contributed by atoms with E-state index in [1.807, 2.05) is 13.8 Å². The minimum Gasteiger partial charge on any atom is -0.339 e. The molecule has 19 heavy (non-hydrogen) atoms. The molecule has 0 spiro atoms. The van der Waals surface area contributed by atoms with Gasteiger partial charge in [0.15, 0.2) is 0 Å². The number of nitrogens with zero attached hydrogens (tertiary/aromatic N) is 3. The average molecular weight is 260 g/mol. The van der Waals surface area contributed by atoms with E-state index < -0.39 is 0 Å². The normalized spacial score (nSPS) is 12.9. The summed E-state index contributed by atoms with van der Waals surface area (Å²) in [6, 6.07) is 2.08. The predicted molar refractivity (Wildman–Crippen MR) is 73.5 cm³/mol. The third-order valence-corrected chi connectivity index (χ3v) is 3.16. The van der Waals surface area contributed by atoms with Crippen LogP contribution in [0.3, 0.4) is 0 Å². The second kappa shape index (κ2) is 5.48. The van der Waals surface area contributed by atoms with Crippen molar-refractivity contribution < 1.29 is 4.52 Å². The Morgan fingerprint density at radius 2 is 2.05 bits per heavy atom. The lowest BCUT2D eigenvalue weighted by molar-refractivity contribution is 0.353. The third-order valence-electron chi connectivity index (χ3n) is 3.16. The van der Waals surface area contributed by atoms with Gasteiger partial charge >= 0.3 is 0 Å². The van der Waals surface area contributed by atoms with Crippen molar-refractivity contribution in [3.63, 3.8) is 0 Å². The highest BCUT2D eigenvalue weighted by atomic mass is 16.5. The highest BCUT2D eigenvalue weighted by molar-refractivity contribution is 5.53. The Morgan fingerprint density at radius 3 is 2.68 bits per heavy atom. The maximum Gasteiger partial charge on any atom is 0.228 e. The van der Waals surface area contributed by atoms with E-state index >= 15 is 0 Å². The van der Waals surface area contributed by atoms with E-state index in [4.69, 9.17) is 10.3 Å². The smallest absolute Gasteiger partial charge is 0.228 e. The van der Waals surface area contributed by atoms with Gasteiger partial charge in [-0.25, -0.2) is 0 Å². The maximum absolute atomic E-state index is 6.00. The van der Waals surface area contributed by atoms with Crippen LogP contribution >= 0.6 is 0 Å². The molecule has 0 fully saturated rings. The molecule has 0 radical (unpaired) electrons. The van der Waals surface area contributed by atoms with Gasteiger partial charge in [-0.2, -0.15) is 4.98 Å². The third kappa shape index (κ3) is 3.17. The first-order chi connectivity index (χ1) is 8.97. The molecule has 2 aromatic rings. The first-order valence-corrected chi connectivity index (χ1v) is 6.49. The number of rotatable bonds is 4. The SMILES string of the molecule is Cc1cnc(-c2noc(CC(N)C(C)C)n2)c(C)c1. The molecule has 1 unspecified atom stereocenters. The topological polar surface area (TPSA) is 77.8 Å². The molecule has 0 aliphatic heterocycles. The zero-order valence-electron chi connectivity index (χ0n) is 11.8. The van der Waals surface area contributed by atoms with E-state index in [-0.39, 0.29) is 6.04 Å². The first-order valence-electron chi connectivity index (χ1n) is 6.49. The number of pyridine rings is 1. The fourth-order valence-corrected chi connectivity index (χ4v) is 1.82. The van der Waals surface area contributed by atoms with Gasteiger partial charge in [0.1, 0.15) is 5.69 Å². The lowest BCUT2D eigenvalue weighted by Gasteiger charge is -2.11. The summed E-state index contributed by atoms with van der Waals surface area (Å²) in [5, 5.41) is 3.99. The molecule has 5 nitrogen and oxygen atoms in total. The van der Waals surface area contributed by atoms with Crippen molar-refractivity contribution in [2.45, 2.75) is 40.2 Å². The van der Waals surface area contributed by atoms with Crippen molar-refractivity contribution in [1.82, 2.24) is 15.1 Å². The van der Waals surface area contributed by atoms with Crippen LogP contribution in [0.4, 0.5) is 0 Å². The average Bonchev–Trinajstić information content (AvgIpc) is 2.77.